The van der Waals surface area contributed by atoms with Crippen LogP contribution in [-0.4, -0.2) is 43.4 Å². The lowest BCUT2D eigenvalue weighted by Crippen LogP contribution is -2.41. The summed E-state index contributed by atoms with van der Waals surface area (Å²) in [5.41, 5.74) is 2.32. The third-order valence-corrected chi connectivity index (χ3v) is 5.88. The first kappa shape index (κ1) is 21.1. The number of hydrogen-bond acceptors (Lipinski definition) is 3. The Hall–Kier alpha value is -3.18. The van der Waals surface area contributed by atoms with E-state index in [1.165, 1.54) is 5.56 Å². The fraction of sp³-hybridized carbons (Fsp3) is 0.308. The van der Waals surface area contributed by atoms with E-state index in [-0.39, 0.29) is 23.8 Å². The Morgan fingerprint density at radius 2 is 1.61 bits per heavy atom. The molecule has 1 fully saturated rings. The smallest absolute Gasteiger partial charge is 0.253 e. The molecule has 0 unspecified atom stereocenters. The molecule has 2 amide bonds. The molecular weight excluding hydrogens is 386 g/mol. The third-order valence-electron chi connectivity index (χ3n) is 5.88. The van der Waals surface area contributed by atoms with Crippen LogP contribution in [0.4, 0.5) is 5.69 Å². The lowest BCUT2D eigenvalue weighted by molar-refractivity contribution is -0.117. The van der Waals surface area contributed by atoms with E-state index in [0.29, 0.717) is 17.8 Å². The maximum atomic E-state index is 13.2. The summed E-state index contributed by atoms with van der Waals surface area (Å²) in [6, 6.07) is 22.1. The molecule has 3 aromatic carbocycles. The molecule has 2 N–H and O–H groups in total. The molecule has 31 heavy (non-hydrogen) atoms. The van der Waals surface area contributed by atoms with Crippen molar-refractivity contribution in [3.8, 4) is 0 Å². The van der Waals surface area contributed by atoms with Crippen molar-refractivity contribution < 1.29 is 9.59 Å². The van der Waals surface area contributed by atoms with E-state index in [1.54, 1.807) is 0 Å². The van der Waals surface area contributed by atoms with Gasteiger partial charge in [-0.25, -0.2) is 0 Å². The Morgan fingerprint density at radius 3 is 2.26 bits per heavy atom. The number of likely N-dealkylation sites (N-methyl/N-ethyl adjacent to an activating group) is 1. The van der Waals surface area contributed by atoms with Crippen molar-refractivity contribution in [2.45, 2.75) is 25.3 Å². The number of carbonyl (C=O) groups is 2. The van der Waals surface area contributed by atoms with Crippen molar-refractivity contribution >= 4 is 28.3 Å². The van der Waals surface area contributed by atoms with Gasteiger partial charge in [0.2, 0.25) is 5.91 Å². The van der Waals surface area contributed by atoms with Gasteiger partial charge in [-0.3, -0.25) is 9.59 Å². The van der Waals surface area contributed by atoms with Crippen molar-refractivity contribution in [3.63, 3.8) is 0 Å². The zero-order valence-electron chi connectivity index (χ0n) is 18.1. The van der Waals surface area contributed by atoms with Crippen molar-refractivity contribution in [2.24, 2.45) is 5.92 Å². The van der Waals surface area contributed by atoms with Crippen LogP contribution in [0.1, 0.15) is 28.8 Å². The van der Waals surface area contributed by atoms with Crippen molar-refractivity contribution in [1.29, 1.82) is 0 Å². The monoisotopic (exact) mass is 415 g/mol. The number of anilines is 1. The molecule has 5 nitrogen and oxygen atoms in total. The van der Waals surface area contributed by atoms with E-state index in [2.05, 4.69) is 27.7 Å². The normalized spacial score (nSPS) is 14.4. The molecule has 160 valence electrons. The van der Waals surface area contributed by atoms with Gasteiger partial charge in [0, 0.05) is 18.5 Å². The highest BCUT2D eigenvalue weighted by molar-refractivity contribution is 6.08. The molecule has 0 aromatic heterocycles. The maximum Gasteiger partial charge on any atom is 0.253 e. The summed E-state index contributed by atoms with van der Waals surface area (Å²) in [7, 11) is 4.05. The number of benzene rings is 3. The Kier molecular flexibility index (Phi) is 6.33. The summed E-state index contributed by atoms with van der Waals surface area (Å²) in [5.74, 6) is -0.0947. The van der Waals surface area contributed by atoms with Gasteiger partial charge in [-0.2, -0.15) is 0 Å². The molecule has 4 rings (SSSR count). The van der Waals surface area contributed by atoms with Crippen LogP contribution in [0.15, 0.2) is 66.7 Å². The minimum atomic E-state index is -0.170. The van der Waals surface area contributed by atoms with E-state index >= 15 is 0 Å². The quantitative estimate of drug-likeness (QED) is 0.583. The Balaban J connectivity index is 1.53. The van der Waals surface area contributed by atoms with Gasteiger partial charge >= 0.3 is 0 Å². The minimum Gasteiger partial charge on any atom is -0.350 e. The number of rotatable bonds is 8. The molecule has 1 aliphatic rings. The van der Waals surface area contributed by atoms with Crippen molar-refractivity contribution in [2.75, 3.05) is 26.0 Å². The van der Waals surface area contributed by atoms with Gasteiger partial charge < -0.3 is 15.5 Å². The summed E-state index contributed by atoms with van der Waals surface area (Å²) in [6.45, 7) is 0.517. The third kappa shape index (κ3) is 5.30. The predicted octanol–water partition coefficient (Wildman–Crippen LogP) is 4.09. The van der Waals surface area contributed by atoms with Crippen LogP contribution < -0.4 is 10.6 Å². The van der Waals surface area contributed by atoms with Gasteiger partial charge in [0.05, 0.1) is 11.3 Å². The summed E-state index contributed by atoms with van der Waals surface area (Å²) in [6.07, 6.45) is 2.69. The molecule has 1 saturated carbocycles. The highest BCUT2D eigenvalue weighted by atomic mass is 16.2. The standard InChI is InChI=1S/C26H29N3O2/c1-29(2)22(14-18-8-4-3-5-9-18)17-27-26(31)23-15-20-10-6-7-11-21(20)16-24(23)28-25(30)19-12-13-19/h3-11,15-16,19,22H,12-14,17H2,1-2H3,(H,27,31)(H,28,30)/t22-/m0/s1. The zero-order valence-corrected chi connectivity index (χ0v) is 18.1. The van der Waals surface area contributed by atoms with Crippen molar-refractivity contribution in [3.05, 3.63) is 77.9 Å². The molecule has 0 heterocycles. The van der Waals surface area contributed by atoms with Crippen LogP contribution in [0, 0.1) is 5.92 Å². The fourth-order valence-electron chi connectivity index (χ4n) is 3.74. The summed E-state index contributed by atoms with van der Waals surface area (Å²) >= 11 is 0. The molecule has 0 bridgehead atoms. The Bertz CT molecular complexity index is 1070. The van der Waals surface area contributed by atoms with E-state index < -0.39 is 0 Å². The molecule has 3 aromatic rings. The predicted molar refractivity (Wildman–Crippen MR) is 125 cm³/mol. The molecule has 0 aliphatic heterocycles. The summed E-state index contributed by atoms with van der Waals surface area (Å²) < 4.78 is 0. The fourth-order valence-corrected chi connectivity index (χ4v) is 3.74. The molecule has 0 spiro atoms. The van der Waals surface area contributed by atoms with Crippen LogP contribution in [0.2, 0.25) is 0 Å². The Labute approximate surface area is 183 Å². The molecular formula is C26H29N3O2. The number of carbonyl (C=O) groups excluding carboxylic acids is 2. The van der Waals surface area contributed by atoms with Gasteiger partial charge in [-0.1, -0.05) is 54.6 Å². The van der Waals surface area contributed by atoms with Gasteiger partial charge in [0.15, 0.2) is 0 Å². The summed E-state index contributed by atoms with van der Waals surface area (Å²) in [4.78, 5) is 27.7. The van der Waals surface area contributed by atoms with E-state index in [9.17, 15) is 9.59 Å². The van der Waals surface area contributed by atoms with Gasteiger partial charge in [-0.15, -0.1) is 0 Å². The topological polar surface area (TPSA) is 61.4 Å². The number of fused-ring (bicyclic) bond motifs is 1. The number of hydrogen-bond donors (Lipinski definition) is 2. The van der Waals surface area contributed by atoms with Gasteiger partial charge in [-0.05, 0) is 61.8 Å². The van der Waals surface area contributed by atoms with Gasteiger partial charge in [0.1, 0.15) is 0 Å². The molecule has 1 atom stereocenters. The second-order valence-corrected chi connectivity index (χ2v) is 8.53. The largest absolute Gasteiger partial charge is 0.350 e. The van der Waals surface area contributed by atoms with Crippen molar-refractivity contribution in [1.82, 2.24) is 10.2 Å². The van der Waals surface area contributed by atoms with E-state index in [0.717, 1.165) is 30.0 Å². The van der Waals surface area contributed by atoms with Crippen LogP contribution in [0.5, 0.6) is 0 Å². The van der Waals surface area contributed by atoms with Crippen LogP contribution in [0.25, 0.3) is 10.8 Å². The van der Waals surface area contributed by atoms with Gasteiger partial charge in [0.25, 0.3) is 5.91 Å². The number of amides is 2. The highest BCUT2D eigenvalue weighted by Gasteiger charge is 2.30. The summed E-state index contributed by atoms with van der Waals surface area (Å²) in [5, 5.41) is 8.06. The number of nitrogens with one attached hydrogen (secondary N) is 2. The molecule has 0 saturated heterocycles. The first-order valence-electron chi connectivity index (χ1n) is 10.8. The Morgan fingerprint density at radius 1 is 0.968 bits per heavy atom. The highest BCUT2D eigenvalue weighted by Crippen LogP contribution is 2.32. The van der Waals surface area contributed by atoms with Crippen LogP contribution in [0.3, 0.4) is 0 Å². The molecule has 5 heteroatoms. The minimum absolute atomic E-state index is 0.000392. The number of nitrogens with zero attached hydrogens (tertiary/aromatic N) is 1. The average Bonchev–Trinajstić information content (AvgIpc) is 3.62. The zero-order chi connectivity index (χ0) is 21.8. The van der Waals surface area contributed by atoms with Crippen LogP contribution in [-0.2, 0) is 11.2 Å². The first-order chi connectivity index (χ1) is 15.0. The second kappa shape index (κ2) is 9.31. The van der Waals surface area contributed by atoms with E-state index in [4.69, 9.17) is 0 Å². The average molecular weight is 416 g/mol. The molecule has 1 aliphatic carbocycles. The lowest BCUT2D eigenvalue weighted by Gasteiger charge is -2.25. The van der Waals surface area contributed by atoms with Crippen LogP contribution >= 0.6 is 0 Å². The SMILES string of the molecule is CN(C)[C@H](CNC(=O)c1cc2ccccc2cc1NC(=O)C1CC1)Cc1ccccc1. The molecule has 0 radical (unpaired) electrons. The second-order valence-electron chi connectivity index (χ2n) is 8.53. The maximum absolute atomic E-state index is 13.2. The lowest BCUT2D eigenvalue weighted by atomic mass is 10.0. The van der Waals surface area contributed by atoms with E-state index in [1.807, 2.05) is 68.7 Å². The first-order valence-corrected chi connectivity index (χ1v) is 10.8.